The summed E-state index contributed by atoms with van der Waals surface area (Å²) in [7, 11) is 1.72. The Kier molecular flexibility index (Phi) is 8.90. The van der Waals surface area contributed by atoms with Gasteiger partial charge in [-0.3, -0.25) is 9.59 Å². The monoisotopic (exact) mass is 480 g/mol. The molecule has 0 saturated carbocycles. The average molecular weight is 481 g/mol. The molecule has 1 aliphatic rings. The molecule has 0 aromatic heterocycles. The van der Waals surface area contributed by atoms with Gasteiger partial charge in [0.15, 0.2) is 0 Å². The van der Waals surface area contributed by atoms with E-state index in [1.165, 1.54) is 11.1 Å². The van der Waals surface area contributed by atoms with Crippen LogP contribution in [0.15, 0.2) is 48.5 Å². The number of carbonyl (C=O) groups excluding carboxylic acids is 2. The van der Waals surface area contributed by atoms with E-state index in [2.05, 4.69) is 29.6 Å². The lowest BCUT2D eigenvalue weighted by Crippen LogP contribution is -2.48. The fourth-order valence-electron chi connectivity index (χ4n) is 4.98. The maximum Gasteiger partial charge on any atom is 0.407 e. The van der Waals surface area contributed by atoms with Gasteiger partial charge in [-0.25, -0.2) is 4.79 Å². The normalized spacial score (nSPS) is 14.1. The van der Waals surface area contributed by atoms with Crippen molar-refractivity contribution in [2.75, 3.05) is 20.2 Å². The largest absolute Gasteiger partial charge is 0.481 e. The Balaban J connectivity index is 1.57. The van der Waals surface area contributed by atoms with Crippen LogP contribution in [-0.2, 0) is 14.3 Å². The SMILES string of the molecule is CC(C)C(C(=O)N(C)CCCCC(=O)O)C(C)NC(=O)OCC1c2ccccc2-c2ccccc21. The number of aliphatic carboxylic acids is 1. The molecule has 0 spiro atoms. The molecule has 2 N–H and O–H groups in total. The Labute approximate surface area is 207 Å². The number of carboxylic acid groups (broad SMARTS) is 1. The number of fused-ring (bicyclic) bond motifs is 3. The lowest BCUT2D eigenvalue weighted by molar-refractivity contribution is -0.137. The first-order chi connectivity index (χ1) is 16.7. The lowest BCUT2D eigenvalue weighted by Gasteiger charge is -2.31. The fourth-order valence-corrected chi connectivity index (χ4v) is 4.98. The molecule has 2 aromatic rings. The summed E-state index contributed by atoms with van der Waals surface area (Å²) in [5.41, 5.74) is 4.63. The summed E-state index contributed by atoms with van der Waals surface area (Å²) in [6, 6.07) is 15.9. The van der Waals surface area contributed by atoms with Gasteiger partial charge < -0.3 is 20.1 Å². The molecule has 2 aromatic carbocycles. The molecule has 188 valence electrons. The first kappa shape index (κ1) is 26.3. The van der Waals surface area contributed by atoms with Gasteiger partial charge >= 0.3 is 12.1 Å². The highest BCUT2D eigenvalue weighted by molar-refractivity contribution is 5.81. The number of nitrogens with zero attached hydrogens (tertiary/aromatic N) is 1. The number of carbonyl (C=O) groups is 3. The average Bonchev–Trinajstić information content (AvgIpc) is 3.13. The second-order valence-corrected chi connectivity index (χ2v) is 9.64. The number of benzene rings is 2. The Bertz CT molecular complexity index is 1010. The number of ether oxygens (including phenoxy) is 1. The predicted octanol–water partition coefficient (Wildman–Crippen LogP) is 4.90. The van der Waals surface area contributed by atoms with Crippen molar-refractivity contribution in [3.63, 3.8) is 0 Å². The third kappa shape index (κ3) is 6.41. The molecule has 7 nitrogen and oxygen atoms in total. The molecule has 0 radical (unpaired) electrons. The Hall–Kier alpha value is -3.35. The van der Waals surface area contributed by atoms with Crippen molar-refractivity contribution >= 4 is 18.0 Å². The minimum atomic E-state index is -0.833. The fraction of sp³-hybridized carbons (Fsp3) is 0.464. The molecular formula is C28H36N2O5. The van der Waals surface area contributed by atoms with Crippen LogP contribution in [0.2, 0.25) is 0 Å². The van der Waals surface area contributed by atoms with Crippen LogP contribution < -0.4 is 5.32 Å². The highest BCUT2D eigenvalue weighted by Crippen LogP contribution is 2.44. The topological polar surface area (TPSA) is 95.9 Å². The van der Waals surface area contributed by atoms with Gasteiger partial charge in [0, 0.05) is 32.0 Å². The molecule has 2 atom stereocenters. The second kappa shape index (κ2) is 11.9. The number of carboxylic acids is 1. The molecule has 0 fully saturated rings. The number of amides is 2. The smallest absolute Gasteiger partial charge is 0.407 e. The van der Waals surface area contributed by atoms with Crippen LogP contribution in [0.25, 0.3) is 11.1 Å². The van der Waals surface area contributed by atoms with E-state index >= 15 is 0 Å². The number of nitrogens with one attached hydrogen (secondary N) is 1. The van der Waals surface area contributed by atoms with Crippen LogP contribution in [0.5, 0.6) is 0 Å². The van der Waals surface area contributed by atoms with E-state index in [9.17, 15) is 14.4 Å². The van der Waals surface area contributed by atoms with Crippen molar-refractivity contribution in [3.8, 4) is 11.1 Å². The van der Waals surface area contributed by atoms with Gasteiger partial charge in [0.05, 0.1) is 5.92 Å². The molecule has 35 heavy (non-hydrogen) atoms. The quantitative estimate of drug-likeness (QED) is 0.446. The van der Waals surface area contributed by atoms with Crippen LogP contribution in [-0.4, -0.2) is 54.2 Å². The zero-order valence-corrected chi connectivity index (χ0v) is 21.0. The Morgan fingerprint density at radius 1 is 0.971 bits per heavy atom. The number of hydrogen-bond donors (Lipinski definition) is 2. The van der Waals surface area contributed by atoms with E-state index in [0.29, 0.717) is 19.4 Å². The zero-order chi connectivity index (χ0) is 25.5. The molecule has 2 unspecified atom stereocenters. The van der Waals surface area contributed by atoms with E-state index in [-0.39, 0.29) is 30.8 Å². The maximum absolute atomic E-state index is 13.1. The Morgan fingerprint density at radius 3 is 2.09 bits per heavy atom. The highest BCUT2D eigenvalue weighted by Gasteiger charge is 2.33. The van der Waals surface area contributed by atoms with Crippen molar-refractivity contribution in [1.82, 2.24) is 10.2 Å². The Morgan fingerprint density at radius 2 is 1.54 bits per heavy atom. The van der Waals surface area contributed by atoms with Crippen molar-refractivity contribution in [1.29, 1.82) is 0 Å². The van der Waals surface area contributed by atoms with Crippen LogP contribution in [0.4, 0.5) is 4.79 Å². The van der Waals surface area contributed by atoms with Crippen molar-refractivity contribution < 1.29 is 24.2 Å². The number of unbranched alkanes of at least 4 members (excludes halogenated alkanes) is 1. The van der Waals surface area contributed by atoms with Gasteiger partial charge in [-0.1, -0.05) is 62.4 Å². The highest BCUT2D eigenvalue weighted by atomic mass is 16.5. The van der Waals surface area contributed by atoms with Gasteiger partial charge in [-0.05, 0) is 47.9 Å². The number of hydrogen-bond acceptors (Lipinski definition) is 4. The van der Waals surface area contributed by atoms with Crippen LogP contribution in [0.1, 0.15) is 57.1 Å². The summed E-state index contributed by atoms with van der Waals surface area (Å²) in [4.78, 5) is 38.1. The molecule has 0 heterocycles. The summed E-state index contributed by atoms with van der Waals surface area (Å²) in [5.74, 6) is -1.34. The predicted molar refractivity (Wildman–Crippen MR) is 135 cm³/mol. The van der Waals surface area contributed by atoms with Gasteiger partial charge in [0.2, 0.25) is 5.91 Å². The minimum absolute atomic E-state index is 0.00727. The third-order valence-corrected chi connectivity index (χ3v) is 6.74. The van der Waals surface area contributed by atoms with E-state index in [1.807, 2.05) is 45.0 Å². The summed E-state index contributed by atoms with van der Waals surface area (Å²) < 4.78 is 5.65. The van der Waals surface area contributed by atoms with Gasteiger partial charge in [-0.15, -0.1) is 0 Å². The molecule has 2 amide bonds. The molecule has 0 bridgehead atoms. The summed E-state index contributed by atoms with van der Waals surface area (Å²) in [6.45, 7) is 6.43. The summed E-state index contributed by atoms with van der Waals surface area (Å²) in [6.07, 6.45) is 0.692. The van der Waals surface area contributed by atoms with E-state index in [0.717, 1.165) is 11.1 Å². The summed E-state index contributed by atoms with van der Waals surface area (Å²) >= 11 is 0. The number of rotatable bonds is 11. The minimum Gasteiger partial charge on any atom is -0.481 e. The van der Waals surface area contributed by atoms with Gasteiger partial charge in [0.1, 0.15) is 6.61 Å². The van der Waals surface area contributed by atoms with E-state index < -0.39 is 24.0 Å². The van der Waals surface area contributed by atoms with E-state index in [4.69, 9.17) is 9.84 Å². The van der Waals surface area contributed by atoms with Crippen LogP contribution in [0.3, 0.4) is 0 Å². The van der Waals surface area contributed by atoms with Crippen molar-refractivity contribution in [2.24, 2.45) is 11.8 Å². The van der Waals surface area contributed by atoms with Gasteiger partial charge in [0.25, 0.3) is 0 Å². The third-order valence-electron chi connectivity index (χ3n) is 6.74. The molecule has 0 aliphatic heterocycles. The molecule has 1 aliphatic carbocycles. The molecular weight excluding hydrogens is 444 g/mol. The van der Waals surface area contributed by atoms with Crippen molar-refractivity contribution in [3.05, 3.63) is 59.7 Å². The second-order valence-electron chi connectivity index (χ2n) is 9.64. The van der Waals surface area contributed by atoms with Crippen molar-refractivity contribution in [2.45, 2.75) is 52.0 Å². The van der Waals surface area contributed by atoms with Crippen LogP contribution >= 0.6 is 0 Å². The first-order valence-corrected chi connectivity index (χ1v) is 12.3. The lowest BCUT2D eigenvalue weighted by atomic mass is 9.88. The van der Waals surface area contributed by atoms with Crippen LogP contribution in [0, 0.1) is 11.8 Å². The molecule has 7 heteroatoms. The standard InChI is InChI=1S/C28H36N2O5/c1-18(2)26(27(33)30(4)16-10-9-15-25(31)32)19(3)29-28(34)35-17-24-22-13-7-5-11-20(22)21-12-6-8-14-23(21)24/h5-8,11-14,18-19,24,26H,9-10,15-17H2,1-4H3,(H,29,34)(H,31,32). The molecule has 3 rings (SSSR count). The van der Waals surface area contributed by atoms with Gasteiger partial charge in [-0.2, -0.15) is 0 Å². The zero-order valence-electron chi connectivity index (χ0n) is 21.0. The first-order valence-electron chi connectivity index (χ1n) is 12.3. The number of alkyl carbamates (subject to hydrolysis) is 1. The summed E-state index contributed by atoms with van der Waals surface area (Å²) in [5, 5.41) is 11.6. The maximum atomic E-state index is 13.1. The van der Waals surface area contributed by atoms with E-state index in [1.54, 1.807) is 11.9 Å². The molecule has 0 saturated heterocycles.